The first-order valence-corrected chi connectivity index (χ1v) is 12.4. The second-order valence-corrected chi connectivity index (χ2v) is 9.44. The van der Waals surface area contributed by atoms with Gasteiger partial charge in [-0.2, -0.15) is 0 Å². The molecule has 186 valence electrons. The molecule has 35 heavy (non-hydrogen) atoms. The quantitative estimate of drug-likeness (QED) is 0.462. The van der Waals surface area contributed by atoms with E-state index < -0.39 is 6.04 Å². The Morgan fingerprint density at radius 3 is 2.09 bits per heavy atom. The molecule has 0 saturated carbocycles. The maximum Gasteiger partial charge on any atom is 0.261 e. The van der Waals surface area contributed by atoms with Crippen molar-refractivity contribution < 1.29 is 19.2 Å². The summed E-state index contributed by atoms with van der Waals surface area (Å²) in [4.78, 5) is 53.9. The van der Waals surface area contributed by atoms with Gasteiger partial charge in [-0.25, -0.2) is 0 Å². The van der Waals surface area contributed by atoms with E-state index in [0.717, 1.165) is 11.3 Å². The Kier molecular flexibility index (Phi) is 8.92. The van der Waals surface area contributed by atoms with Crippen LogP contribution in [0.2, 0.25) is 10.0 Å². The van der Waals surface area contributed by atoms with Gasteiger partial charge < -0.3 is 10.2 Å². The lowest BCUT2D eigenvalue weighted by molar-refractivity contribution is -0.141. The molecular weight excluding hydrogens is 489 g/mol. The van der Waals surface area contributed by atoms with E-state index in [1.54, 1.807) is 49.4 Å². The SMILES string of the molecule is CC[C@H](C)NC(=O)[C@H](C)N(Cc1c(Cl)cccc1Cl)C(=O)CCCN1C(=O)c2ccccc2C1=O. The second kappa shape index (κ2) is 11.7. The Morgan fingerprint density at radius 1 is 0.971 bits per heavy atom. The normalized spacial score (nSPS) is 14.5. The standard InChI is InChI=1S/C26H29Cl2N3O4/c1-4-16(2)29-24(33)17(3)31(15-20-21(27)11-7-12-22(20)28)23(32)13-8-14-30-25(34)18-9-5-6-10-19(18)26(30)35/h5-7,9-12,16-17H,4,8,13-15H2,1-3H3,(H,29,33)/t16-,17-/m0/s1. The summed E-state index contributed by atoms with van der Waals surface area (Å²) in [6, 6.07) is 10.9. The number of amides is 4. The van der Waals surface area contributed by atoms with Crippen LogP contribution in [0.4, 0.5) is 0 Å². The van der Waals surface area contributed by atoms with Crippen LogP contribution in [0, 0.1) is 0 Å². The van der Waals surface area contributed by atoms with Crippen LogP contribution in [0.15, 0.2) is 42.5 Å². The van der Waals surface area contributed by atoms with Crippen LogP contribution in [-0.4, -0.2) is 52.1 Å². The summed E-state index contributed by atoms with van der Waals surface area (Å²) in [5, 5.41) is 3.70. The number of hydrogen-bond donors (Lipinski definition) is 1. The number of nitrogens with one attached hydrogen (secondary N) is 1. The lowest BCUT2D eigenvalue weighted by atomic mass is 10.1. The molecule has 0 saturated heterocycles. The van der Waals surface area contributed by atoms with Crippen LogP contribution in [-0.2, 0) is 16.1 Å². The van der Waals surface area contributed by atoms with Gasteiger partial charge in [-0.15, -0.1) is 0 Å². The number of carbonyl (C=O) groups is 4. The van der Waals surface area contributed by atoms with Crippen molar-refractivity contribution in [2.45, 2.75) is 58.7 Å². The van der Waals surface area contributed by atoms with E-state index in [-0.39, 0.29) is 55.6 Å². The number of hydrogen-bond acceptors (Lipinski definition) is 4. The molecule has 1 N–H and O–H groups in total. The Labute approximate surface area is 215 Å². The third kappa shape index (κ3) is 6.03. The predicted octanol–water partition coefficient (Wildman–Crippen LogP) is 4.70. The fourth-order valence-electron chi connectivity index (χ4n) is 3.88. The van der Waals surface area contributed by atoms with Gasteiger partial charge in [0.05, 0.1) is 11.1 Å². The molecular formula is C26H29Cl2N3O4. The molecule has 0 radical (unpaired) electrons. The van der Waals surface area contributed by atoms with E-state index in [9.17, 15) is 19.2 Å². The van der Waals surface area contributed by atoms with Crippen molar-refractivity contribution in [3.8, 4) is 0 Å². The van der Waals surface area contributed by atoms with Gasteiger partial charge in [-0.05, 0) is 51.0 Å². The van der Waals surface area contributed by atoms with Gasteiger partial charge in [0.1, 0.15) is 6.04 Å². The van der Waals surface area contributed by atoms with E-state index in [1.807, 2.05) is 13.8 Å². The summed E-state index contributed by atoms with van der Waals surface area (Å²) >= 11 is 12.7. The minimum atomic E-state index is -0.775. The third-order valence-corrected chi connectivity index (χ3v) is 6.92. The zero-order valence-electron chi connectivity index (χ0n) is 20.0. The molecule has 2 aromatic rings. The molecule has 0 fully saturated rings. The Morgan fingerprint density at radius 2 is 1.54 bits per heavy atom. The molecule has 2 aromatic carbocycles. The van der Waals surface area contributed by atoms with E-state index >= 15 is 0 Å². The van der Waals surface area contributed by atoms with E-state index in [0.29, 0.717) is 26.7 Å². The summed E-state index contributed by atoms with van der Waals surface area (Å²) in [7, 11) is 0. The first-order valence-electron chi connectivity index (χ1n) is 11.6. The minimum Gasteiger partial charge on any atom is -0.352 e. The topological polar surface area (TPSA) is 86.8 Å². The Bertz CT molecular complexity index is 1080. The highest BCUT2D eigenvalue weighted by Gasteiger charge is 2.35. The fourth-order valence-corrected chi connectivity index (χ4v) is 4.39. The lowest BCUT2D eigenvalue weighted by Crippen LogP contribution is -2.49. The molecule has 0 bridgehead atoms. The molecule has 1 aliphatic heterocycles. The largest absolute Gasteiger partial charge is 0.352 e. The van der Waals surface area contributed by atoms with Gasteiger partial charge in [0.15, 0.2) is 0 Å². The number of fused-ring (bicyclic) bond motifs is 1. The smallest absolute Gasteiger partial charge is 0.261 e. The Hall–Kier alpha value is -2.90. The maximum atomic E-state index is 13.3. The van der Waals surface area contributed by atoms with Crippen molar-refractivity contribution in [2.75, 3.05) is 6.54 Å². The number of halogens is 2. The Balaban J connectivity index is 1.72. The molecule has 0 aliphatic carbocycles. The molecule has 0 aromatic heterocycles. The van der Waals surface area contributed by atoms with Crippen molar-refractivity contribution in [1.82, 2.24) is 15.1 Å². The number of benzene rings is 2. The first kappa shape index (κ1) is 26.7. The van der Waals surface area contributed by atoms with Crippen LogP contribution in [0.3, 0.4) is 0 Å². The summed E-state index contributed by atoms with van der Waals surface area (Å²) in [5.74, 6) is -1.31. The molecule has 4 amide bonds. The van der Waals surface area contributed by atoms with Gasteiger partial charge in [0.2, 0.25) is 11.8 Å². The van der Waals surface area contributed by atoms with Crippen molar-refractivity contribution in [2.24, 2.45) is 0 Å². The highest BCUT2D eigenvalue weighted by Crippen LogP contribution is 2.27. The molecule has 9 heteroatoms. The highest BCUT2D eigenvalue weighted by molar-refractivity contribution is 6.36. The average molecular weight is 518 g/mol. The fraction of sp³-hybridized carbons (Fsp3) is 0.385. The highest BCUT2D eigenvalue weighted by atomic mass is 35.5. The van der Waals surface area contributed by atoms with E-state index in [4.69, 9.17) is 23.2 Å². The second-order valence-electron chi connectivity index (χ2n) is 8.63. The van der Waals surface area contributed by atoms with Crippen LogP contribution in [0.25, 0.3) is 0 Å². The first-order chi connectivity index (χ1) is 16.6. The zero-order chi connectivity index (χ0) is 25.7. The van der Waals surface area contributed by atoms with Crippen molar-refractivity contribution >= 4 is 46.8 Å². The van der Waals surface area contributed by atoms with E-state index in [1.165, 1.54) is 4.90 Å². The summed E-state index contributed by atoms with van der Waals surface area (Å²) < 4.78 is 0. The predicted molar refractivity (Wildman–Crippen MR) is 135 cm³/mol. The van der Waals surface area contributed by atoms with Gasteiger partial charge in [0.25, 0.3) is 11.8 Å². The number of carbonyl (C=O) groups excluding carboxylic acids is 4. The monoisotopic (exact) mass is 517 g/mol. The molecule has 1 heterocycles. The number of rotatable bonds is 10. The maximum absolute atomic E-state index is 13.3. The number of nitrogens with zero attached hydrogens (tertiary/aromatic N) is 2. The van der Waals surface area contributed by atoms with E-state index in [2.05, 4.69) is 5.32 Å². The third-order valence-electron chi connectivity index (χ3n) is 6.21. The molecule has 7 nitrogen and oxygen atoms in total. The van der Waals surface area contributed by atoms with Gasteiger partial charge in [0, 0.05) is 41.2 Å². The number of imide groups is 1. The zero-order valence-corrected chi connectivity index (χ0v) is 21.5. The molecule has 0 spiro atoms. The van der Waals surface area contributed by atoms with Crippen molar-refractivity contribution in [1.29, 1.82) is 0 Å². The summed E-state index contributed by atoms with van der Waals surface area (Å²) in [6.45, 7) is 5.67. The van der Waals surface area contributed by atoms with Gasteiger partial charge in [-0.3, -0.25) is 24.1 Å². The van der Waals surface area contributed by atoms with Crippen molar-refractivity contribution in [3.63, 3.8) is 0 Å². The van der Waals surface area contributed by atoms with Crippen LogP contribution in [0.1, 0.15) is 66.3 Å². The molecule has 3 rings (SSSR count). The molecule has 0 unspecified atom stereocenters. The van der Waals surface area contributed by atoms with Gasteiger partial charge in [-0.1, -0.05) is 48.3 Å². The lowest BCUT2D eigenvalue weighted by Gasteiger charge is -2.30. The molecule has 1 aliphatic rings. The summed E-state index contributed by atoms with van der Waals surface area (Å²) in [6.07, 6.45) is 1.05. The van der Waals surface area contributed by atoms with Gasteiger partial charge >= 0.3 is 0 Å². The van der Waals surface area contributed by atoms with Crippen LogP contribution >= 0.6 is 23.2 Å². The minimum absolute atomic E-state index is 0.0381. The average Bonchev–Trinajstić information content (AvgIpc) is 3.08. The van der Waals surface area contributed by atoms with Crippen LogP contribution in [0.5, 0.6) is 0 Å². The summed E-state index contributed by atoms with van der Waals surface area (Å²) in [5.41, 5.74) is 1.29. The van der Waals surface area contributed by atoms with Crippen LogP contribution < -0.4 is 5.32 Å². The van der Waals surface area contributed by atoms with Crippen molar-refractivity contribution in [3.05, 3.63) is 69.2 Å². The molecule has 2 atom stereocenters.